The van der Waals surface area contributed by atoms with Crippen molar-refractivity contribution in [2.75, 3.05) is 5.32 Å². The molecule has 1 amide bonds. The van der Waals surface area contributed by atoms with Crippen LogP contribution in [0.5, 0.6) is 11.5 Å². The molecule has 2 aromatic rings. The first-order valence-electron chi connectivity index (χ1n) is 8.15. The fourth-order valence-corrected chi connectivity index (χ4v) is 3.10. The second-order valence-corrected chi connectivity index (χ2v) is 5.99. The summed E-state index contributed by atoms with van der Waals surface area (Å²) < 4.78 is 0. The molecule has 0 aromatic heterocycles. The van der Waals surface area contributed by atoms with Crippen LogP contribution in [0.25, 0.3) is 6.08 Å². The lowest BCUT2D eigenvalue weighted by atomic mass is 9.86. The number of nitrogens with one attached hydrogen (secondary N) is 1. The van der Waals surface area contributed by atoms with Gasteiger partial charge in [-0.15, -0.1) is 0 Å². The first-order valence-corrected chi connectivity index (χ1v) is 8.15. The van der Waals surface area contributed by atoms with Crippen LogP contribution in [0.2, 0.25) is 0 Å². The molecule has 25 heavy (non-hydrogen) atoms. The zero-order chi connectivity index (χ0) is 17.8. The summed E-state index contributed by atoms with van der Waals surface area (Å²) in [4.78, 5) is 12.4. The monoisotopic (exact) mass is 334 g/mol. The molecule has 126 valence electrons. The number of carbonyl (C=O) groups is 1. The van der Waals surface area contributed by atoms with Gasteiger partial charge in [0.1, 0.15) is 11.6 Å². The highest BCUT2D eigenvalue weighted by molar-refractivity contribution is 6.09. The Balaban J connectivity index is 1.96. The number of rotatable bonds is 3. The predicted octanol–water partition coefficient (Wildman–Crippen LogP) is 3.52. The molecule has 3 N–H and O–H groups in total. The third kappa shape index (κ3) is 3.48. The largest absolute Gasteiger partial charge is 0.504 e. The number of phenols is 2. The maximum Gasteiger partial charge on any atom is 0.266 e. The Bertz CT molecular complexity index is 880. The van der Waals surface area contributed by atoms with Crippen LogP contribution in [0.15, 0.2) is 42.0 Å². The number of nitrogens with zero attached hydrogens (tertiary/aromatic N) is 1. The van der Waals surface area contributed by atoms with Crippen LogP contribution < -0.4 is 5.32 Å². The number of carbonyl (C=O) groups excluding carboxylic acids is 1. The number of fused-ring (bicyclic) bond motifs is 1. The molecule has 0 radical (unpaired) electrons. The summed E-state index contributed by atoms with van der Waals surface area (Å²) in [7, 11) is 0. The molecule has 0 saturated carbocycles. The van der Waals surface area contributed by atoms with Crippen LogP contribution in [0.1, 0.15) is 29.5 Å². The minimum atomic E-state index is -0.508. The van der Waals surface area contributed by atoms with E-state index in [0.717, 1.165) is 24.8 Å². The molecule has 1 aliphatic carbocycles. The first kappa shape index (κ1) is 16.6. The Morgan fingerprint density at radius 3 is 2.48 bits per heavy atom. The molecule has 0 bridgehead atoms. The molecule has 0 saturated heterocycles. The van der Waals surface area contributed by atoms with Crippen LogP contribution in [0.4, 0.5) is 5.69 Å². The summed E-state index contributed by atoms with van der Waals surface area (Å²) in [6.07, 6.45) is 4.80. The number of aromatic hydroxyl groups is 2. The van der Waals surface area contributed by atoms with E-state index in [1.807, 2.05) is 12.1 Å². The Labute approximate surface area is 145 Å². The standard InChI is InChI=1S/C20H18N2O3/c21-12-14(20(25)22-15-6-2-1-3-7-15)10-13-11-18(23)19(24)17-9-5-4-8-16(13)17/h1-3,6-7,10-11,23-24H,4-5,8-9H2,(H,22,25)/b14-10-. The Morgan fingerprint density at radius 1 is 1.12 bits per heavy atom. The van der Waals surface area contributed by atoms with Gasteiger partial charge in [-0.3, -0.25) is 4.79 Å². The molecule has 0 fully saturated rings. The van der Waals surface area contributed by atoms with E-state index in [1.54, 1.807) is 24.3 Å². The quantitative estimate of drug-likeness (QED) is 0.455. The highest BCUT2D eigenvalue weighted by Crippen LogP contribution is 2.39. The number of nitriles is 1. The van der Waals surface area contributed by atoms with Crippen molar-refractivity contribution in [2.24, 2.45) is 0 Å². The van der Waals surface area contributed by atoms with Gasteiger partial charge in [-0.05, 0) is 61.1 Å². The zero-order valence-electron chi connectivity index (χ0n) is 13.6. The summed E-state index contributed by atoms with van der Waals surface area (Å²) in [6.45, 7) is 0. The van der Waals surface area contributed by atoms with Crippen molar-refractivity contribution in [1.82, 2.24) is 0 Å². The van der Waals surface area contributed by atoms with Gasteiger partial charge in [0, 0.05) is 11.3 Å². The molecule has 0 aliphatic heterocycles. The van der Waals surface area contributed by atoms with Gasteiger partial charge in [0.25, 0.3) is 5.91 Å². The van der Waals surface area contributed by atoms with Crippen molar-refractivity contribution in [1.29, 1.82) is 5.26 Å². The highest BCUT2D eigenvalue weighted by Gasteiger charge is 2.20. The molecular weight excluding hydrogens is 316 g/mol. The van der Waals surface area contributed by atoms with E-state index in [2.05, 4.69) is 5.32 Å². The lowest BCUT2D eigenvalue weighted by molar-refractivity contribution is -0.112. The SMILES string of the molecule is N#C/C(=C/c1cc(O)c(O)c2c1CCCC2)C(=O)Nc1ccccc1. The van der Waals surface area contributed by atoms with E-state index in [-0.39, 0.29) is 17.1 Å². The number of hydrogen-bond acceptors (Lipinski definition) is 4. The maximum absolute atomic E-state index is 12.4. The summed E-state index contributed by atoms with van der Waals surface area (Å²) in [5.74, 6) is -0.836. The van der Waals surface area contributed by atoms with E-state index >= 15 is 0 Å². The van der Waals surface area contributed by atoms with Gasteiger partial charge in [0.15, 0.2) is 11.5 Å². The average molecular weight is 334 g/mol. The second-order valence-electron chi connectivity index (χ2n) is 5.99. The van der Waals surface area contributed by atoms with E-state index < -0.39 is 5.91 Å². The molecule has 3 rings (SSSR count). The molecule has 5 heteroatoms. The minimum Gasteiger partial charge on any atom is -0.504 e. The summed E-state index contributed by atoms with van der Waals surface area (Å²) in [5, 5.41) is 32.1. The fourth-order valence-electron chi connectivity index (χ4n) is 3.10. The minimum absolute atomic E-state index is 0.0540. The van der Waals surface area contributed by atoms with Gasteiger partial charge < -0.3 is 15.5 Å². The van der Waals surface area contributed by atoms with E-state index in [9.17, 15) is 20.3 Å². The molecule has 0 atom stereocenters. The van der Waals surface area contributed by atoms with Gasteiger partial charge in [0.05, 0.1) is 0 Å². The lowest BCUT2D eigenvalue weighted by Crippen LogP contribution is -2.13. The van der Waals surface area contributed by atoms with Crippen molar-refractivity contribution in [2.45, 2.75) is 25.7 Å². The number of amides is 1. The third-order valence-electron chi connectivity index (χ3n) is 4.33. The van der Waals surface area contributed by atoms with E-state index in [4.69, 9.17) is 0 Å². The summed E-state index contributed by atoms with van der Waals surface area (Å²) in [5.41, 5.74) is 2.75. The van der Waals surface area contributed by atoms with Crippen molar-refractivity contribution in [3.05, 3.63) is 58.7 Å². The average Bonchev–Trinajstić information content (AvgIpc) is 2.64. The topological polar surface area (TPSA) is 93.3 Å². The van der Waals surface area contributed by atoms with Gasteiger partial charge in [-0.2, -0.15) is 5.26 Å². The van der Waals surface area contributed by atoms with Gasteiger partial charge in [-0.25, -0.2) is 0 Å². The fraction of sp³-hybridized carbons (Fsp3) is 0.200. The van der Waals surface area contributed by atoms with E-state index in [0.29, 0.717) is 23.2 Å². The van der Waals surface area contributed by atoms with Crippen molar-refractivity contribution in [3.63, 3.8) is 0 Å². The normalized spacial score (nSPS) is 13.6. The van der Waals surface area contributed by atoms with Gasteiger partial charge in [-0.1, -0.05) is 18.2 Å². The van der Waals surface area contributed by atoms with Crippen LogP contribution in [-0.2, 0) is 17.6 Å². The summed E-state index contributed by atoms with van der Waals surface area (Å²) in [6, 6.07) is 12.2. The number of phenolic OH excluding ortho intramolecular Hbond substituents is 2. The molecule has 0 spiro atoms. The van der Waals surface area contributed by atoms with E-state index in [1.165, 1.54) is 12.1 Å². The Hall–Kier alpha value is -3.26. The lowest BCUT2D eigenvalue weighted by Gasteiger charge is -2.20. The van der Waals surface area contributed by atoms with Crippen molar-refractivity contribution >= 4 is 17.7 Å². The van der Waals surface area contributed by atoms with Crippen LogP contribution >= 0.6 is 0 Å². The third-order valence-corrected chi connectivity index (χ3v) is 4.33. The molecular formula is C20H18N2O3. The molecule has 0 unspecified atom stereocenters. The number of para-hydroxylation sites is 1. The van der Waals surface area contributed by atoms with Crippen LogP contribution in [-0.4, -0.2) is 16.1 Å². The smallest absolute Gasteiger partial charge is 0.266 e. The molecule has 1 aliphatic rings. The summed E-state index contributed by atoms with van der Waals surface area (Å²) >= 11 is 0. The molecule has 0 heterocycles. The second kappa shape index (κ2) is 7.10. The zero-order valence-corrected chi connectivity index (χ0v) is 13.6. The first-order chi connectivity index (χ1) is 12.1. The Kier molecular flexibility index (Phi) is 4.71. The molecule has 2 aromatic carbocycles. The number of hydrogen-bond donors (Lipinski definition) is 3. The Morgan fingerprint density at radius 2 is 1.80 bits per heavy atom. The van der Waals surface area contributed by atoms with Crippen molar-refractivity contribution < 1.29 is 15.0 Å². The highest BCUT2D eigenvalue weighted by atomic mass is 16.3. The van der Waals surface area contributed by atoms with Crippen LogP contribution in [0.3, 0.4) is 0 Å². The number of benzene rings is 2. The number of anilines is 1. The van der Waals surface area contributed by atoms with Gasteiger partial charge >= 0.3 is 0 Å². The molecule has 5 nitrogen and oxygen atoms in total. The van der Waals surface area contributed by atoms with Gasteiger partial charge in [0.2, 0.25) is 0 Å². The van der Waals surface area contributed by atoms with Crippen molar-refractivity contribution in [3.8, 4) is 17.6 Å². The predicted molar refractivity (Wildman–Crippen MR) is 95.1 cm³/mol. The maximum atomic E-state index is 12.4. The van der Waals surface area contributed by atoms with Crippen LogP contribution in [0, 0.1) is 11.3 Å².